The summed E-state index contributed by atoms with van der Waals surface area (Å²) in [5, 5.41) is 13.8. The molecule has 3 aromatic carbocycles. The highest BCUT2D eigenvalue weighted by Crippen LogP contribution is 2.31. The van der Waals surface area contributed by atoms with E-state index in [-0.39, 0.29) is 24.5 Å². The van der Waals surface area contributed by atoms with Crippen LogP contribution in [0, 0.1) is 0 Å². The molecule has 2 unspecified atom stereocenters. The fourth-order valence-electron chi connectivity index (χ4n) is 4.37. The summed E-state index contributed by atoms with van der Waals surface area (Å²) in [6.45, 7) is 3.18. The second kappa shape index (κ2) is 11.0. The van der Waals surface area contributed by atoms with E-state index in [0.29, 0.717) is 26.2 Å². The number of benzene rings is 3. The number of ether oxygens (including phenoxy) is 2. The highest BCUT2D eigenvalue weighted by atomic mass is 16.5. The molecule has 6 heteroatoms. The second-order valence-corrected chi connectivity index (χ2v) is 8.39. The number of fused-ring (bicyclic) bond motifs is 1. The van der Waals surface area contributed by atoms with Gasteiger partial charge in [-0.3, -0.25) is 0 Å². The molecule has 0 saturated carbocycles. The molecule has 3 aromatic rings. The molecule has 1 aliphatic heterocycles. The highest BCUT2D eigenvalue weighted by molar-refractivity contribution is 5.87. The third-order valence-corrected chi connectivity index (χ3v) is 6.16. The van der Waals surface area contributed by atoms with E-state index < -0.39 is 6.09 Å². The Labute approximate surface area is 199 Å². The number of carbonyl (C=O) groups excluding carboxylic acids is 2. The van der Waals surface area contributed by atoms with Crippen molar-refractivity contribution in [2.24, 2.45) is 0 Å². The Hall–Kier alpha value is -3.64. The van der Waals surface area contributed by atoms with Gasteiger partial charge in [0.05, 0.1) is 19.3 Å². The predicted octanol–water partition coefficient (Wildman–Crippen LogP) is 4.13. The molecule has 0 radical (unpaired) electrons. The molecular formula is C28H28NO5-. The molecule has 1 aliphatic rings. The molecule has 0 aromatic heterocycles. The standard InChI is InChI=1S/C28H29NO5/c1-2-33-27(30)14-10-20-7-12-23(13-8-20)25-15-16-29(28(31)32)18-26(25)34-19-21-9-11-22-5-3-4-6-24(22)17-21/h3-14,17,25-26H,2,15-16,18-19H2,1H3,(H,31,32)/p-1/b14-10+. The smallest absolute Gasteiger partial charge is 0.330 e. The van der Waals surface area contributed by atoms with E-state index in [4.69, 9.17) is 9.47 Å². The first kappa shape index (κ1) is 23.5. The lowest BCUT2D eigenvalue weighted by molar-refractivity contribution is -0.268. The van der Waals surface area contributed by atoms with Crippen molar-refractivity contribution < 1.29 is 24.2 Å². The first-order valence-electron chi connectivity index (χ1n) is 11.5. The van der Waals surface area contributed by atoms with Gasteiger partial charge in [-0.15, -0.1) is 0 Å². The summed E-state index contributed by atoms with van der Waals surface area (Å²) in [7, 11) is 0. The molecule has 2 atom stereocenters. The first-order valence-corrected chi connectivity index (χ1v) is 11.5. The summed E-state index contributed by atoms with van der Waals surface area (Å²) >= 11 is 0. The van der Waals surface area contributed by atoms with Gasteiger partial charge < -0.3 is 24.3 Å². The van der Waals surface area contributed by atoms with Gasteiger partial charge in [-0.2, -0.15) is 0 Å². The van der Waals surface area contributed by atoms with Crippen molar-refractivity contribution in [2.75, 3.05) is 19.7 Å². The molecule has 34 heavy (non-hydrogen) atoms. The van der Waals surface area contributed by atoms with Gasteiger partial charge in [0, 0.05) is 25.1 Å². The van der Waals surface area contributed by atoms with E-state index in [2.05, 4.69) is 24.3 Å². The summed E-state index contributed by atoms with van der Waals surface area (Å²) in [6, 6.07) is 22.3. The zero-order valence-corrected chi connectivity index (χ0v) is 19.2. The van der Waals surface area contributed by atoms with Crippen LogP contribution in [0.3, 0.4) is 0 Å². The third-order valence-electron chi connectivity index (χ3n) is 6.16. The summed E-state index contributed by atoms with van der Waals surface area (Å²) in [6.07, 6.45) is 2.31. The molecule has 0 aliphatic carbocycles. The number of amides is 1. The molecule has 0 N–H and O–H groups in total. The Kier molecular flexibility index (Phi) is 7.60. The number of piperidine rings is 1. The van der Waals surface area contributed by atoms with Crippen molar-refractivity contribution in [3.8, 4) is 0 Å². The Balaban J connectivity index is 1.48. The quantitative estimate of drug-likeness (QED) is 0.393. The maximum Gasteiger partial charge on any atom is 0.330 e. The van der Waals surface area contributed by atoms with Crippen LogP contribution in [0.2, 0.25) is 0 Å². The molecule has 1 saturated heterocycles. The minimum absolute atomic E-state index is 0.0548. The van der Waals surface area contributed by atoms with Crippen molar-refractivity contribution in [3.63, 3.8) is 0 Å². The lowest BCUT2D eigenvalue weighted by Crippen LogP contribution is -2.51. The van der Waals surface area contributed by atoms with Crippen LogP contribution < -0.4 is 5.11 Å². The number of esters is 1. The van der Waals surface area contributed by atoms with Crippen LogP contribution in [0.4, 0.5) is 4.79 Å². The van der Waals surface area contributed by atoms with Crippen molar-refractivity contribution in [1.82, 2.24) is 4.90 Å². The van der Waals surface area contributed by atoms with Crippen LogP contribution in [-0.4, -0.2) is 42.8 Å². The molecule has 0 spiro atoms. The molecule has 1 fully saturated rings. The maximum atomic E-state index is 11.5. The number of rotatable bonds is 7. The van der Waals surface area contributed by atoms with Crippen LogP contribution >= 0.6 is 0 Å². The third kappa shape index (κ3) is 5.83. The monoisotopic (exact) mass is 458 g/mol. The van der Waals surface area contributed by atoms with Crippen molar-refractivity contribution in [2.45, 2.75) is 32.0 Å². The molecule has 1 amide bonds. The fourth-order valence-corrected chi connectivity index (χ4v) is 4.37. The highest BCUT2D eigenvalue weighted by Gasteiger charge is 2.31. The minimum Gasteiger partial charge on any atom is -0.530 e. The summed E-state index contributed by atoms with van der Waals surface area (Å²) in [4.78, 5) is 24.4. The van der Waals surface area contributed by atoms with Gasteiger partial charge in [0.15, 0.2) is 0 Å². The number of hydrogen-bond donors (Lipinski definition) is 0. The fraction of sp³-hybridized carbons (Fsp3) is 0.286. The minimum atomic E-state index is -1.17. The van der Waals surface area contributed by atoms with Crippen molar-refractivity contribution >= 4 is 28.9 Å². The Morgan fingerprint density at radius 1 is 1.06 bits per heavy atom. The normalized spacial score (nSPS) is 18.3. The van der Waals surface area contributed by atoms with E-state index in [1.807, 2.05) is 42.5 Å². The molecular weight excluding hydrogens is 430 g/mol. The largest absolute Gasteiger partial charge is 0.530 e. The van der Waals surface area contributed by atoms with Gasteiger partial charge >= 0.3 is 5.97 Å². The van der Waals surface area contributed by atoms with Gasteiger partial charge in [0.25, 0.3) is 0 Å². The predicted molar refractivity (Wildman–Crippen MR) is 129 cm³/mol. The van der Waals surface area contributed by atoms with Crippen LogP contribution in [0.1, 0.15) is 36.0 Å². The zero-order chi connectivity index (χ0) is 23.9. The summed E-state index contributed by atoms with van der Waals surface area (Å²) in [5.74, 6) is -0.317. The number of nitrogens with zero attached hydrogens (tertiary/aromatic N) is 1. The number of hydrogen-bond acceptors (Lipinski definition) is 5. The Morgan fingerprint density at radius 3 is 2.56 bits per heavy atom. The average molecular weight is 459 g/mol. The van der Waals surface area contributed by atoms with Crippen LogP contribution in [0.15, 0.2) is 72.8 Å². The topological polar surface area (TPSA) is 78.9 Å². The second-order valence-electron chi connectivity index (χ2n) is 8.39. The molecule has 176 valence electrons. The average Bonchev–Trinajstić information content (AvgIpc) is 2.86. The summed E-state index contributed by atoms with van der Waals surface area (Å²) in [5.41, 5.74) is 3.01. The lowest BCUT2D eigenvalue weighted by atomic mass is 9.86. The molecule has 6 nitrogen and oxygen atoms in total. The maximum absolute atomic E-state index is 11.5. The molecule has 4 rings (SSSR count). The lowest BCUT2D eigenvalue weighted by Gasteiger charge is -2.40. The zero-order valence-electron chi connectivity index (χ0n) is 19.2. The Bertz CT molecular complexity index is 1170. The van der Waals surface area contributed by atoms with E-state index in [9.17, 15) is 14.7 Å². The van der Waals surface area contributed by atoms with E-state index >= 15 is 0 Å². The van der Waals surface area contributed by atoms with Crippen molar-refractivity contribution in [3.05, 3.63) is 89.5 Å². The molecule has 1 heterocycles. The number of carboxylic acid groups (broad SMARTS) is 1. The summed E-state index contributed by atoms with van der Waals surface area (Å²) < 4.78 is 11.2. The van der Waals surface area contributed by atoms with E-state index in [1.54, 1.807) is 13.0 Å². The number of likely N-dealkylation sites (tertiary alicyclic amines) is 1. The molecule has 0 bridgehead atoms. The van der Waals surface area contributed by atoms with E-state index in [0.717, 1.165) is 22.1 Å². The van der Waals surface area contributed by atoms with Crippen molar-refractivity contribution in [1.29, 1.82) is 0 Å². The Morgan fingerprint density at radius 2 is 1.82 bits per heavy atom. The van der Waals surface area contributed by atoms with Crippen LogP contribution in [0.25, 0.3) is 16.8 Å². The van der Waals surface area contributed by atoms with Gasteiger partial charge in [-0.25, -0.2) is 4.79 Å². The SMILES string of the molecule is CCOC(=O)/C=C/c1ccc(C2CCN(C(=O)[O-])CC2OCc2ccc3ccccc3c2)cc1. The van der Waals surface area contributed by atoms with Gasteiger partial charge in [0.2, 0.25) is 0 Å². The first-order chi connectivity index (χ1) is 16.5. The number of carbonyl (C=O) groups is 2. The van der Waals surface area contributed by atoms with Gasteiger partial charge in [-0.05, 0) is 52.9 Å². The van der Waals surface area contributed by atoms with Crippen LogP contribution in [-0.2, 0) is 20.9 Å². The van der Waals surface area contributed by atoms with E-state index in [1.165, 1.54) is 16.4 Å². The van der Waals surface area contributed by atoms with Gasteiger partial charge in [0.1, 0.15) is 6.09 Å². The van der Waals surface area contributed by atoms with Gasteiger partial charge in [-0.1, -0.05) is 60.7 Å². The van der Waals surface area contributed by atoms with Crippen LogP contribution in [0.5, 0.6) is 0 Å².